The average molecular weight is 689 g/mol. The summed E-state index contributed by atoms with van der Waals surface area (Å²) in [6.45, 7) is 8.19. The number of piperazine rings is 1. The molecule has 15 heteroatoms. The summed E-state index contributed by atoms with van der Waals surface area (Å²) >= 11 is 0. The van der Waals surface area contributed by atoms with Gasteiger partial charge < -0.3 is 9.80 Å². The number of sulfonamides is 1. The van der Waals surface area contributed by atoms with Gasteiger partial charge in [-0.2, -0.15) is 30.6 Å². The second-order valence-electron chi connectivity index (χ2n) is 12.5. The number of anilines is 2. The summed E-state index contributed by atoms with van der Waals surface area (Å²) in [5.41, 5.74) is -3.91. The van der Waals surface area contributed by atoms with Gasteiger partial charge in [-0.15, -0.1) is 0 Å². The molecule has 256 valence electrons. The topological polar surface area (TPSA) is 73.8 Å². The molecule has 47 heavy (non-hydrogen) atoms. The van der Waals surface area contributed by atoms with Gasteiger partial charge in [0.15, 0.2) is 0 Å². The Kier molecular flexibility index (Phi) is 9.52. The molecule has 3 aromatic rings. The highest BCUT2D eigenvalue weighted by Gasteiger charge is 2.42. The molecule has 0 spiro atoms. The molecule has 0 N–H and O–H groups in total. The summed E-state index contributed by atoms with van der Waals surface area (Å²) in [7, 11) is -2.17. The molecule has 0 radical (unpaired) electrons. The van der Waals surface area contributed by atoms with Crippen LogP contribution in [0.2, 0.25) is 0 Å². The molecule has 4 rings (SSSR count). The maximum absolute atomic E-state index is 14.1. The summed E-state index contributed by atoms with van der Waals surface area (Å²) in [5, 5.41) is 0. The van der Waals surface area contributed by atoms with Gasteiger partial charge in [0.25, 0.3) is 0 Å². The molecule has 7 nitrogen and oxygen atoms in total. The summed E-state index contributed by atoms with van der Waals surface area (Å²) in [4.78, 5) is 21.5. The Labute approximate surface area is 269 Å². The number of carbonyl (C=O) groups excluding carboxylic acids is 1. The number of pyridine rings is 1. The number of likely N-dealkylation sites (N-methyl/N-ethyl adjacent to an activating group) is 1. The third-order valence-electron chi connectivity index (χ3n) is 8.40. The van der Waals surface area contributed by atoms with Crippen molar-refractivity contribution in [2.75, 3.05) is 36.2 Å². The lowest BCUT2D eigenvalue weighted by atomic mass is 9.81. The number of nitrogens with zero attached hydrogens (tertiary/aromatic N) is 4. The van der Waals surface area contributed by atoms with Crippen molar-refractivity contribution in [1.29, 1.82) is 0 Å². The second kappa shape index (κ2) is 12.4. The minimum Gasteiger partial charge on any atom is -0.353 e. The van der Waals surface area contributed by atoms with Gasteiger partial charge in [-0.3, -0.25) is 4.79 Å². The first-order valence-electron chi connectivity index (χ1n) is 14.5. The minimum atomic E-state index is -5.10. The third kappa shape index (κ3) is 7.40. The molecule has 1 aliphatic rings. The van der Waals surface area contributed by atoms with Crippen LogP contribution in [0.4, 0.5) is 42.2 Å². The van der Waals surface area contributed by atoms with Crippen LogP contribution in [0.3, 0.4) is 0 Å². The van der Waals surface area contributed by atoms with Crippen LogP contribution in [-0.4, -0.2) is 62.1 Å². The molecule has 2 heterocycles. The number of halogens is 7. The van der Waals surface area contributed by atoms with Crippen LogP contribution in [0.1, 0.15) is 49.9 Å². The Morgan fingerprint density at radius 1 is 0.872 bits per heavy atom. The van der Waals surface area contributed by atoms with Gasteiger partial charge in [0.2, 0.25) is 15.9 Å². The van der Waals surface area contributed by atoms with E-state index in [1.54, 1.807) is 26.8 Å². The number of benzene rings is 2. The van der Waals surface area contributed by atoms with E-state index in [0.29, 0.717) is 34.6 Å². The van der Waals surface area contributed by atoms with Crippen molar-refractivity contribution in [3.63, 3.8) is 0 Å². The lowest BCUT2D eigenvalue weighted by Gasteiger charge is -2.43. The maximum atomic E-state index is 14.1. The van der Waals surface area contributed by atoms with Crippen LogP contribution in [0, 0.1) is 12.7 Å². The Balaban J connectivity index is 1.82. The molecule has 1 aliphatic heterocycles. The van der Waals surface area contributed by atoms with Crippen LogP contribution in [0.5, 0.6) is 0 Å². The molecule has 1 saturated heterocycles. The predicted octanol–water partition coefficient (Wildman–Crippen LogP) is 7.03. The standard InChI is InChI=1S/C32H35F7N4O3S/c1-18-10-24(33)8-9-25(18)26-14-28(42-16-19(2)43(20(3)17-42)47(7,45)46)40-15-27(26)41(6)29(44)30(4,5)21-11-22(31(34,35)36)13-23(12-21)32(37,38)39/h8-15,19-20H,16-17H2,1-7H3/t19-,20+. The van der Waals surface area contributed by atoms with Crippen molar-refractivity contribution in [2.45, 2.75) is 64.5 Å². The van der Waals surface area contributed by atoms with Gasteiger partial charge in [0.1, 0.15) is 11.6 Å². The van der Waals surface area contributed by atoms with Crippen LogP contribution in [0.25, 0.3) is 11.1 Å². The highest BCUT2D eigenvalue weighted by molar-refractivity contribution is 7.88. The highest BCUT2D eigenvalue weighted by atomic mass is 32.2. The van der Waals surface area contributed by atoms with Crippen LogP contribution < -0.4 is 9.80 Å². The van der Waals surface area contributed by atoms with Crippen LogP contribution >= 0.6 is 0 Å². The van der Waals surface area contributed by atoms with Crippen molar-refractivity contribution in [2.24, 2.45) is 0 Å². The number of aryl methyl sites for hydroxylation is 1. The molecule has 2 atom stereocenters. The number of alkyl halides is 6. The molecule has 1 fully saturated rings. The van der Waals surface area contributed by atoms with E-state index in [0.717, 1.165) is 11.2 Å². The van der Waals surface area contributed by atoms with E-state index < -0.39 is 68.3 Å². The van der Waals surface area contributed by atoms with E-state index in [4.69, 9.17) is 0 Å². The summed E-state index contributed by atoms with van der Waals surface area (Å²) < 4.78 is 122. The Morgan fingerprint density at radius 2 is 1.38 bits per heavy atom. The molecule has 0 saturated carbocycles. The number of carbonyl (C=O) groups is 1. The number of amides is 1. The van der Waals surface area contributed by atoms with E-state index in [1.165, 1.54) is 49.6 Å². The van der Waals surface area contributed by atoms with Crippen molar-refractivity contribution in [3.05, 3.63) is 76.7 Å². The van der Waals surface area contributed by atoms with Gasteiger partial charge >= 0.3 is 12.4 Å². The third-order valence-corrected chi connectivity index (χ3v) is 9.89. The maximum Gasteiger partial charge on any atom is 0.416 e. The van der Waals surface area contributed by atoms with Crippen LogP contribution in [0.15, 0.2) is 48.7 Å². The van der Waals surface area contributed by atoms with Gasteiger partial charge in [-0.1, -0.05) is 6.07 Å². The van der Waals surface area contributed by atoms with Gasteiger partial charge in [-0.25, -0.2) is 17.8 Å². The SMILES string of the molecule is Cc1cc(F)ccc1-c1cc(N2C[C@@H](C)N(S(C)(=O)=O)[C@@H](C)C2)ncc1N(C)C(=O)C(C)(C)c1cc(C(F)(F)F)cc(C(F)(F)F)c1. The fourth-order valence-corrected chi connectivity index (χ4v) is 7.58. The van der Waals surface area contributed by atoms with E-state index in [9.17, 15) is 43.9 Å². The smallest absolute Gasteiger partial charge is 0.353 e. The molecule has 0 unspecified atom stereocenters. The second-order valence-corrected chi connectivity index (χ2v) is 14.4. The number of hydrogen-bond acceptors (Lipinski definition) is 5. The fraction of sp³-hybridized carbons (Fsp3) is 0.438. The monoisotopic (exact) mass is 688 g/mol. The van der Waals surface area contributed by atoms with Crippen molar-refractivity contribution >= 4 is 27.4 Å². The van der Waals surface area contributed by atoms with E-state index in [1.807, 2.05) is 4.90 Å². The first-order valence-corrected chi connectivity index (χ1v) is 16.4. The Bertz CT molecular complexity index is 1750. The fourth-order valence-electron chi connectivity index (χ4n) is 6.14. The first-order chi connectivity index (χ1) is 21.4. The van der Waals surface area contributed by atoms with Crippen molar-refractivity contribution in [1.82, 2.24) is 9.29 Å². The molecule has 2 aromatic carbocycles. The van der Waals surface area contributed by atoms with Gasteiger partial charge in [0.05, 0.1) is 34.7 Å². The van der Waals surface area contributed by atoms with Crippen molar-refractivity contribution < 1.29 is 43.9 Å². The predicted molar refractivity (Wildman–Crippen MR) is 165 cm³/mol. The zero-order valence-corrected chi connectivity index (χ0v) is 27.6. The van der Waals surface area contributed by atoms with E-state index >= 15 is 0 Å². The Hall–Kier alpha value is -3.72. The minimum absolute atomic E-state index is 0.00326. The quantitative estimate of drug-likeness (QED) is 0.260. The highest BCUT2D eigenvalue weighted by Crippen LogP contribution is 2.41. The van der Waals surface area contributed by atoms with E-state index in [-0.39, 0.29) is 24.8 Å². The molecule has 1 amide bonds. The lowest BCUT2D eigenvalue weighted by Crippen LogP contribution is -2.58. The number of aromatic nitrogens is 1. The van der Waals surface area contributed by atoms with E-state index in [2.05, 4.69) is 4.98 Å². The lowest BCUT2D eigenvalue weighted by molar-refractivity contribution is -0.143. The zero-order chi connectivity index (χ0) is 35.4. The molecule has 1 aromatic heterocycles. The molecular weight excluding hydrogens is 653 g/mol. The molecule has 0 aliphatic carbocycles. The summed E-state index contributed by atoms with van der Waals surface area (Å²) in [6, 6.07) is 5.88. The van der Waals surface area contributed by atoms with Gasteiger partial charge in [-0.05, 0) is 87.7 Å². The summed E-state index contributed by atoms with van der Waals surface area (Å²) in [6.07, 6.45) is -7.71. The van der Waals surface area contributed by atoms with Crippen LogP contribution in [-0.2, 0) is 32.6 Å². The summed E-state index contributed by atoms with van der Waals surface area (Å²) in [5.74, 6) is -0.922. The first kappa shape index (κ1) is 36.1. The molecule has 0 bridgehead atoms. The Morgan fingerprint density at radius 3 is 1.85 bits per heavy atom. The van der Waals surface area contributed by atoms with Gasteiger partial charge in [0, 0.05) is 37.8 Å². The average Bonchev–Trinajstić information content (AvgIpc) is 2.93. The number of hydrogen-bond donors (Lipinski definition) is 0. The largest absolute Gasteiger partial charge is 0.416 e. The number of rotatable bonds is 6. The van der Waals surface area contributed by atoms with Crippen molar-refractivity contribution in [3.8, 4) is 11.1 Å². The normalized spacial score (nSPS) is 18.4. The zero-order valence-electron chi connectivity index (χ0n) is 26.8. The molecular formula is C32H35F7N4O3S.